The highest BCUT2D eigenvalue weighted by Crippen LogP contribution is 2.08. The van der Waals surface area contributed by atoms with Crippen molar-refractivity contribution in [2.45, 2.75) is 25.7 Å². The molecule has 29 heavy (non-hydrogen) atoms. The molecule has 1 heterocycles. The molecule has 150 valence electrons. The van der Waals surface area contributed by atoms with Gasteiger partial charge in [-0.15, -0.1) is 0 Å². The van der Waals surface area contributed by atoms with Gasteiger partial charge in [-0.3, -0.25) is 19.0 Å². The fraction of sp³-hybridized carbons (Fsp3) is 0.400. The Balaban J connectivity index is 1.93. The summed E-state index contributed by atoms with van der Waals surface area (Å²) in [7, 11) is 1.59. The summed E-state index contributed by atoms with van der Waals surface area (Å²) >= 11 is 0. The van der Waals surface area contributed by atoms with Gasteiger partial charge in [0, 0.05) is 26.6 Å². The van der Waals surface area contributed by atoms with Gasteiger partial charge in [0.15, 0.2) is 6.61 Å². The van der Waals surface area contributed by atoms with Gasteiger partial charge in [-0.2, -0.15) is 10.5 Å². The van der Waals surface area contributed by atoms with Crippen LogP contribution < -0.4 is 5.56 Å². The van der Waals surface area contributed by atoms with Gasteiger partial charge in [-0.1, -0.05) is 12.1 Å². The Morgan fingerprint density at radius 1 is 1.17 bits per heavy atom. The number of rotatable bonds is 9. The number of aryl methyl sites for hydroxylation is 1. The van der Waals surface area contributed by atoms with E-state index in [1.54, 1.807) is 31.3 Å². The minimum absolute atomic E-state index is 0.0394. The highest BCUT2D eigenvalue weighted by atomic mass is 16.5. The lowest BCUT2D eigenvalue weighted by Gasteiger charge is -2.20. The first-order valence-corrected chi connectivity index (χ1v) is 9.10. The van der Waals surface area contributed by atoms with E-state index < -0.39 is 18.5 Å². The Morgan fingerprint density at radius 2 is 1.83 bits per heavy atom. The number of nitrogens with zero attached hydrogens (tertiary/aromatic N) is 5. The number of nitriles is 2. The molecule has 0 fully saturated rings. The molecule has 0 aliphatic heterocycles. The van der Waals surface area contributed by atoms with Gasteiger partial charge in [0.1, 0.15) is 5.82 Å². The Hall–Kier alpha value is -3.72. The number of carbonyl (C=O) groups is 2. The van der Waals surface area contributed by atoms with Crippen LogP contribution in [0.4, 0.5) is 0 Å². The molecule has 2 aromatic rings. The maximum absolute atomic E-state index is 12.4. The molecule has 0 bridgehead atoms. The second-order valence-corrected chi connectivity index (χ2v) is 6.27. The molecule has 1 aromatic heterocycles. The predicted octanol–water partition coefficient (Wildman–Crippen LogP) is 1.07. The zero-order valence-electron chi connectivity index (χ0n) is 16.1. The molecule has 0 aliphatic rings. The molecular weight excluding hydrogens is 374 g/mol. The van der Waals surface area contributed by atoms with E-state index in [1.165, 1.54) is 9.47 Å². The Bertz CT molecular complexity index is 1010. The zero-order valence-corrected chi connectivity index (χ0v) is 16.1. The topological polar surface area (TPSA) is 129 Å². The predicted molar refractivity (Wildman–Crippen MR) is 103 cm³/mol. The normalized spacial score (nSPS) is 10.2. The fourth-order valence-corrected chi connectivity index (χ4v) is 2.74. The Kier molecular flexibility index (Phi) is 7.87. The van der Waals surface area contributed by atoms with E-state index in [2.05, 4.69) is 4.98 Å². The van der Waals surface area contributed by atoms with E-state index in [4.69, 9.17) is 15.3 Å². The number of ether oxygens (including phenoxy) is 1. The number of amides is 1. The van der Waals surface area contributed by atoms with Crippen molar-refractivity contribution < 1.29 is 14.3 Å². The third-order valence-corrected chi connectivity index (χ3v) is 4.32. The quantitative estimate of drug-likeness (QED) is 0.581. The monoisotopic (exact) mass is 395 g/mol. The highest BCUT2D eigenvalue weighted by Gasteiger charge is 2.16. The van der Waals surface area contributed by atoms with E-state index in [9.17, 15) is 14.4 Å². The van der Waals surface area contributed by atoms with Gasteiger partial charge >= 0.3 is 5.97 Å². The van der Waals surface area contributed by atoms with Crippen LogP contribution >= 0.6 is 0 Å². The maximum atomic E-state index is 12.4. The van der Waals surface area contributed by atoms with Crippen LogP contribution in [0, 0.1) is 22.7 Å². The van der Waals surface area contributed by atoms with Crippen LogP contribution in [0.3, 0.4) is 0 Å². The number of esters is 1. The van der Waals surface area contributed by atoms with Gasteiger partial charge in [0.25, 0.3) is 11.5 Å². The van der Waals surface area contributed by atoms with Crippen molar-refractivity contribution in [2.24, 2.45) is 7.05 Å². The van der Waals surface area contributed by atoms with Crippen LogP contribution in [-0.2, 0) is 27.8 Å². The minimum Gasteiger partial charge on any atom is -0.456 e. The standard InChI is InChI=1S/C20H21N5O4/c1-24-17(23-16-7-3-2-6-15(16)20(24)28)8-9-19(27)29-14-18(26)25(12-4-10-21)13-5-11-22/h2-3,6-7H,4-5,8-9,12-14H2,1H3. The Morgan fingerprint density at radius 3 is 2.48 bits per heavy atom. The van der Waals surface area contributed by atoms with Gasteiger partial charge in [0.05, 0.1) is 42.3 Å². The first-order valence-electron chi connectivity index (χ1n) is 9.10. The average Bonchev–Trinajstić information content (AvgIpc) is 2.73. The molecule has 0 saturated heterocycles. The SMILES string of the molecule is Cn1c(CCC(=O)OCC(=O)N(CCC#N)CCC#N)nc2ccccc2c1=O. The van der Waals surface area contributed by atoms with E-state index >= 15 is 0 Å². The number of aromatic nitrogens is 2. The lowest BCUT2D eigenvalue weighted by atomic mass is 10.2. The molecule has 9 heteroatoms. The molecule has 9 nitrogen and oxygen atoms in total. The van der Waals surface area contributed by atoms with E-state index in [1.807, 2.05) is 12.1 Å². The summed E-state index contributed by atoms with van der Waals surface area (Å²) in [6.45, 7) is -0.102. The molecule has 0 saturated carbocycles. The summed E-state index contributed by atoms with van der Waals surface area (Å²) in [6.07, 6.45) is 0.415. The van der Waals surface area contributed by atoms with Crippen LogP contribution in [0.1, 0.15) is 25.1 Å². The molecule has 1 aromatic carbocycles. The van der Waals surface area contributed by atoms with Crippen molar-refractivity contribution in [3.63, 3.8) is 0 Å². The molecule has 2 rings (SSSR count). The van der Waals surface area contributed by atoms with Crippen molar-refractivity contribution in [3.05, 3.63) is 40.4 Å². The smallest absolute Gasteiger partial charge is 0.306 e. The number of hydrogen-bond donors (Lipinski definition) is 0. The van der Waals surface area contributed by atoms with Crippen LogP contribution in [0.2, 0.25) is 0 Å². The summed E-state index contributed by atoms with van der Waals surface area (Å²) in [5.74, 6) is -0.608. The number of fused-ring (bicyclic) bond motifs is 1. The molecule has 0 spiro atoms. The van der Waals surface area contributed by atoms with E-state index in [0.717, 1.165) is 0 Å². The molecule has 0 radical (unpaired) electrons. The largest absolute Gasteiger partial charge is 0.456 e. The average molecular weight is 395 g/mol. The minimum atomic E-state index is -0.596. The lowest BCUT2D eigenvalue weighted by Crippen LogP contribution is -2.36. The number of carbonyl (C=O) groups excluding carboxylic acids is 2. The van der Waals surface area contributed by atoms with Crippen molar-refractivity contribution >= 4 is 22.8 Å². The van der Waals surface area contributed by atoms with Crippen LogP contribution in [0.15, 0.2) is 29.1 Å². The van der Waals surface area contributed by atoms with Crippen molar-refractivity contribution in [1.29, 1.82) is 10.5 Å². The molecular formula is C20H21N5O4. The Labute approximate surface area is 167 Å². The first kappa shape index (κ1) is 21.6. The van der Waals surface area contributed by atoms with Crippen LogP contribution in [-0.4, -0.2) is 46.0 Å². The molecule has 0 unspecified atom stereocenters. The number of hydrogen-bond acceptors (Lipinski definition) is 7. The molecule has 0 N–H and O–H groups in total. The van der Waals surface area contributed by atoms with Gasteiger partial charge in [-0.25, -0.2) is 4.98 Å². The summed E-state index contributed by atoms with van der Waals surface area (Å²) in [5.41, 5.74) is 0.361. The molecule has 0 atom stereocenters. The number of benzene rings is 1. The fourth-order valence-electron chi connectivity index (χ4n) is 2.74. The van der Waals surface area contributed by atoms with Crippen LogP contribution in [0.5, 0.6) is 0 Å². The maximum Gasteiger partial charge on any atom is 0.306 e. The van der Waals surface area contributed by atoms with Crippen molar-refractivity contribution in [1.82, 2.24) is 14.5 Å². The van der Waals surface area contributed by atoms with Gasteiger partial charge in [0.2, 0.25) is 0 Å². The van der Waals surface area contributed by atoms with Gasteiger partial charge in [-0.05, 0) is 12.1 Å². The second-order valence-electron chi connectivity index (χ2n) is 6.27. The van der Waals surface area contributed by atoms with E-state index in [0.29, 0.717) is 16.7 Å². The summed E-state index contributed by atoms with van der Waals surface area (Å²) in [4.78, 5) is 42.3. The third kappa shape index (κ3) is 5.88. The molecule has 0 aliphatic carbocycles. The summed E-state index contributed by atoms with van der Waals surface area (Å²) in [6, 6.07) is 10.8. The van der Waals surface area contributed by atoms with Gasteiger partial charge < -0.3 is 9.64 Å². The van der Waals surface area contributed by atoms with Crippen molar-refractivity contribution in [3.8, 4) is 12.1 Å². The number of para-hydroxylation sites is 1. The summed E-state index contributed by atoms with van der Waals surface area (Å²) < 4.78 is 6.41. The van der Waals surface area contributed by atoms with Crippen LogP contribution in [0.25, 0.3) is 10.9 Å². The summed E-state index contributed by atoms with van der Waals surface area (Å²) in [5, 5.41) is 17.8. The van der Waals surface area contributed by atoms with Crippen molar-refractivity contribution in [2.75, 3.05) is 19.7 Å². The lowest BCUT2D eigenvalue weighted by molar-refractivity contribution is -0.152. The first-order chi connectivity index (χ1) is 14.0. The molecule has 1 amide bonds. The highest BCUT2D eigenvalue weighted by molar-refractivity contribution is 5.81. The second kappa shape index (κ2) is 10.6. The van der Waals surface area contributed by atoms with E-state index in [-0.39, 0.29) is 44.3 Å². The zero-order chi connectivity index (χ0) is 21.2. The third-order valence-electron chi connectivity index (χ3n) is 4.32.